The minimum absolute atomic E-state index is 0. The van der Waals surface area contributed by atoms with Gasteiger partial charge in [0.15, 0.2) is 5.96 Å². The van der Waals surface area contributed by atoms with Crippen molar-refractivity contribution in [3.8, 4) is 0 Å². The number of guanidine groups is 1. The largest absolute Gasteiger partial charge is 0.370 e. The molecule has 0 aromatic carbocycles. The smallest absolute Gasteiger partial charge is 0.191 e. The van der Waals surface area contributed by atoms with Crippen molar-refractivity contribution in [2.45, 2.75) is 39.5 Å². The van der Waals surface area contributed by atoms with E-state index < -0.39 is 0 Å². The molecule has 20 heavy (non-hydrogen) atoms. The summed E-state index contributed by atoms with van der Waals surface area (Å²) in [5, 5.41) is 4.42. The highest BCUT2D eigenvalue weighted by atomic mass is 127. The summed E-state index contributed by atoms with van der Waals surface area (Å²) >= 11 is 0. The van der Waals surface area contributed by atoms with Gasteiger partial charge in [-0.3, -0.25) is 9.67 Å². The topological polar surface area (TPSA) is 59.4 Å². The van der Waals surface area contributed by atoms with Crippen molar-refractivity contribution < 1.29 is 0 Å². The van der Waals surface area contributed by atoms with Crippen LogP contribution in [0.4, 0.5) is 0 Å². The Hall–Kier alpha value is -0.790. The molecule has 5 nitrogen and oxygen atoms in total. The molecule has 1 aromatic heterocycles. The Balaban J connectivity index is 0.00000200. The summed E-state index contributed by atoms with van der Waals surface area (Å²) < 4.78 is 1.93. The van der Waals surface area contributed by atoms with Crippen LogP contribution in [0.25, 0.3) is 0 Å². The van der Waals surface area contributed by atoms with Gasteiger partial charge in [0.1, 0.15) is 0 Å². The summed E-state index contributed by atoms with van der Waals surface area (Å²) in [5.74, 6) is 0.707. The highest BCUT2D eigenvalue weighted by Crippen LogP contribution is 2.13. The number of halogens is 1. The van der Waals surface area contributed by atoms with E-state index in [1.165, 1.54) is 30.5 Å². The fourth-order valence-corrected chi connectivity index (χ4v) is 2.68. The monoisotopic (exact) mass is 391 g/mol. The minimum atomic E-state index is 0. The second kappa shape index (κ2) is 7.85. The minimum Gasteiger partial charge on any atom is -0.370 e. The maximum atomic E-state index is 6.05. The van der Waals surface area contributed by atoms with Gasteiger partial charge < -0.3 is 10.6 Å². The second-order valence-corrected chi connectivity index (χ2v) is 5.31. The van der Waals surface area contributed by atoms with E-state index in [4.69, 9.17) is 5.73 Å². The van der Waals surface area contributed by atoms with Crippen molar-refractivity contribution in [2.24, 2.45) is 17.8 Å². The summed E-state index contributed by atoms with van der Waals surface area (Å²) in [5.41, 5.74) is 9.68. The van der Waals surface area contributed by atoms with E-state index in [1.807, 2.05) is 11.7 Å². The maximum Gasteiger partial charge on any atom is 0.191 e. The van der Waals surface area contributed by atoms with Gasteiger partial charge in [-0.1, -0.05) is 0 Å². The van der Waals surface area contributed by atoms with Gasteiger partial charge in [-0.15, -0.1) is 24.0 Å². The zero-order valence-corrected chi connectivity index (χ0v) is 15.1. The Bertz CT molecular complexity index is 460. The fraction of sp³-hybridized carbons (Fsp3) is 0.714. The third-order valence-electron chi connectivity index (χ3n) is 3.97. The molecule has 1 aliphatic rings. The Morgan fingerprint density at radius 3 is 2.45 bits per heavy atom. The third-order valence-corrected chi connectivity index (χ3v) is 3.97. The molecule has 0 saturated carbocycles. The highest BCUT2D eigenvalue weighted by Gasteiger charge is 2.12. The lowest BCUT2D eigenvalue weighted by Crippen LogP contribution is -2.41. The molecule has 2 N–H and O–H groups in total. The maximum absolute atomic E-state index is 6.05. The van der Waals surface area contributed by atoms with E-state index in [9.17, 15) is 0 Å². The molecule has 0 unspecified atom stereocenters. The Labute approximate surface area is 138 Å². The summed E-state index contributed by atoms with van der Waals surface area (Å²) in [6.45, 7) is 7.02. The average molecular weight is 391 g/mol. The summed E-state index contributed by atoms with van der Waals surface area (Å²) in [4.78, 5) is 6.72. The standard InChI is InChI=1S/C14H25N5.HI/c1-11-13(12(2)18(3)17-11)7-8-16-14(15)19-9-5-4-6-10-19;/h4-10H2,1-3H3,(H2,15,16);1H. The number of aliphatic imine (C=N–C) groups is 1. The van der Waals surface area contributed by atoms with Crippen molar-refractivity contribution >= 4 is 29.9 Å². The molecule has 0 spiro atoms. The number of likely N-dealkylation sites (tertiary alicyclic amines) is 1. The zero-order valence-electron chi connectivity index (χ0n) is 12.7. The number of aromatic nitrogens is 2. The van der Waals surface area contributed by atoms with Crippen molar-refractivity contribution in [2.75, 3.05) is 19.6 Å². The summed E-state index contributed by atoms with van der Waals surface area (Å²) in [6, 6.07) is 0. The zero-order chi connectivity index (χ0) is 13.8. The van der Waals surface area contributed by atoms with Crippen LogP contribution < -0.4 is 5.73 Å². The molecular formula is C14H26IN5. The number of aryl methyl sites for hydroxylation is 2. The highest BCUT2D eigenvalue weighted by molar-refractivity contribution is 14.0. The van der Waals surface area contributed by atoms with Crippen molar-refractivity contribution in [1.29, 1.82) is 0 Å². The van der Waals surface area contributed by atoms with Crippen LogP contribution in [-0.2, 0) is 13.5 Å². The van der Waals surface area contributed by atoms with Crippen LogP contribution in [0.3, 0.4) is 0 Å². The molecule has 0 bridgehead atoms. The first-order chi connectivity index (χ1) is 9.09. The molecule has 0 aliphatic carbocycles. The molecule has 1 saturated heterocycles. The van der Waals surface area contributed by atoms with Gasteiger partial charge >= 0.3 is 0 Å². The van der Waals surface area contributed by atoms with Gasteiger partial charge in [-0.05, 0) is 45.1 Å². The molecule has 0 atom stereocenters. The van der Waals surface area contributed by atoms with Crippen molar-refractivity contribution in [3.63, 3.8) is 0 Å². The Morgan fingerprint density at radius 1 is 1.25 bits per heavy atom. The van der Waals surface area contributed by atoms with Crippen LogP contribution in [0.2, 0.25) is 0 Å². The molecular weight excluding hydrogens is 365 g/mol. The lowest BCUT2D eigenvalue weighted by Gasteiger charge is -2.27. The number of hydrogen-bond acceptors (Lipinski definition) is 2. The van der Waals surface area contributed by atoms with Crippen LogP contribution in [0.1, 0.15) is 36.2 Å². The quantitative estimate of drug-likeness (QED) is 0.487. The first-order valence-electron chi connectivity index (χ1n) is 7.13. The van der Waals surface area contributed by atoms with E-state index >= 15 is 0 Å². The summed E-state index contributed by atoms with van der Waals surface area (Å²) in [7, 11) is 1.98. The van der Waals surface area contributed by atoms with E-state index in [0.29, 0.717) is 5.96 Å². The van der Waals surface area contributed by atoms with E-state index in [-0.39, 0.29) is 24.0 Å². The summed E-state index contributed by atoms with van der Waals surface area (Å²) in [6.07, 6.45) is 4.70. The number of nitrogens with two attached hydrogens (primary N) is 1. The van der Waals surface area contributed by atoms with Gasteiger partial charge in [-0.25, -0.2) is 0 Å². The lowest BCUT2D eigenvalue weighted by atomic mass is 10.1. The molecule has 0 radical (unpaired) electrons. The fourth-order valence-electron chi connectivity index (χ4n) is 2.68. The van der Waals surface area contributed by atoms with Gasteiger partial charge in [0.25, 0.3) is 0 Å². The second-order valence-electron chi connectivity index (χ2n) is 5.31. The Kier molecular flexibility index (Phi) is 6.78. The Morgan fingerprint density at radius 2 is 1.90 bits per heavy atom. The molecule has 0 amide bonds. The van der Waals surface area contributed by atoms with Crippen molar-refractivity contribution in [3.05, 3.63) is 17.0 Å². The third kappa shape index (κ3) is 4.10. The molecule has 1 aromatic rings. The molecule has 6 heteroatoms. The first kappa shape index (κ1) is 17.3. The van der Waals surface area contributed by atoms with Gasteiger partial charge in [0, 0.05) is 32.4 Å². The first-order valence-corrected chi connectivity index (χ1v) is 7.13. The lowest BCUT2D eigenvalue weighted by molar-refractivity contribution is 0.338. The number of hydrogen-bond donors (Lipinski definition) is 1. The van der Waals surface area contributed by atoms with Gasteiger partial charge in [0.05, 0.1) is 5.69 Å². The van der Waals surface area contributed by atoms with Gasteiger partial charge in [-0.2, -0.15) is 5.10 Å². The molecule has 1 fully saturated rings. The van der Waals surface area contributed by atoms with E-state index in [0.717, 1.165) is 31.7 Å². The van der Waals surface area contributed by atoms with Crippen LogP contribution in [-0.4, -0.2) is 40.3 Å². The normalized spacial score (nSPS) is 16.1. The molecule has 114 valence electrons. The van der Waals surface area contributed by atoms with Crippen LogP contribution in [0.15, 0.2) is 4.99 Å². The predicted molar refractivity (Wildman–Crippen MR) is 93.7 cm³/mol. The van der Waals surface area contributed by atoms with Gasteiger partial charge in [0.2, 0.25) is 0 Å². The van der Waals surface area contributed by atoms with Crippen LogP contribution in [0, 0.1) is 13.8 Å². The number of rotatable bonds is 3. The van der Waals surface area contributed by atoms with E-state index in [2.05, 4.69) is 28.8 Å². The number of piperidine rings is 1. The number of nitrogens with zero attached hydrogens (tertiary/aromatic N) is 4. The average Bonchev–Trinajstić information content (AvgIpc) is 2.66. The van der Waals surface area contributed by atoms with Crippen LogP contribution in [0.5, 0.6) is 0 Å². The van der Waals surface area contributed by atoms with Crippen LogP contribution >= 0.6 is 24.0 Å². The molecule has 2 heterocycles. The molecule has 1 aliphatic heterocycles. The van der Waals surface area contributed by atoms with Crippen molar-refractivity contribution in [1.82, 2.24) is 14.7 Å². The van der Waals surface area contributed by atoms with E-state index in [1.54, 1.807) is 0 Å². The SMILES string of the molecule is Cc1nn(C)c(C)c1CCN=C(N)N1CCCCC1.I. The predicted octanol–water partition coefficient (Wildman–Crippen LogP) is 2.00. The molecule has 2 rings (SSSR count).